The highest BCUT2D eigenvalue weighted by molar-refractivity contribution is 5.16. The molecule has 3 atom stereocenters. The van der Waals surface area contributed by atoms with Crippen LogP contribution < -0.4 is 0 Å². The molecule has 0 amide bonds. The van der Waals surface area contributed by atoms with Crippen LogP contribution in [-0.2, 0) is 16.1 Å². The van der Waals surface area contributed by atoms with Crippen molar-refractivity contribution < 1.29 is 19.0 Å². The van der Waals surface area contributed by atoms with Crippen molar-refractivity contribution in [1.29, 1.82) is 0 Å². The molecule has 1 aromatic rings. The molecule has 1 N–H and O–H groups in total. The number of halogens is 1. The van der Waals surface area contributed by atoms with Crippen molar-refractivity contribution in [3.8, 4) is 0 Å². The van der Waals surface area contributed by atoms with Gasteiger partial charge in [-0.05, 0) is 12.5 Å². The molecule has 1 fully saturated rings. The predicted molar refractivity (Wildman–Crippen MR) is 65.6 cm³/mol. The lowest BCUT2D eigenvalue weighted by molar-refractivity contribution is -0.196. The van der Waals surface area contributed by atoms with Crippen molar-refractivity contribution in [1.82, 2.24) is 0 Å². The van der Waals surface area contributed by atoms with Crippen LogP contribution in [0.1, 0.15) is 25.3 Å². The Hall–Kier alpha value is -0.970. The molecule has 0 spiro atoms. The van der Waals surface area contributed by atoms with Gasteiger partial charge in [0.25, 0.3) is 0 Å². The molecule has 0 saturated heterocycles. The summed E-state index contributed by atoms with van der Waals surface area (Å²) in [6.07, 6.45) is 0.608. The zero-order chi connectivity index (χ0) is 13.0. The second-order valence-electron chi connectivity index (χ2n) is 4.58. The van der Waals surface area contributed by atoms with Gasteiger partial charge in [-0.1, -0.05) is 25.1 Å². The van der Waals surface area contributed by atoms with Crippen molar-refractivity contribution >= 4 is 0 Å². The van der Waals surface area contributed by atoms with Crippen LogP contribution in [0.15, 0.2) is 24.3 Å². The van der Waals surface area contributed by atoms with E-state index in [2.05, 4.69) is 0 Å². The van der Waals surface area contributed by atoms with Gasteiger partial charge in [-0.15, -0.1) is 0 Å². The molecule has 0 aromatic heterocycles. The Morgan fingerprint density at radius 2 is 2.11 bits per heavy atom. The van der Waals surface area contributed by atoms with E-state index in [1.54, 1.807) is 18.2 Å². The van der Waals surface area contributed by atoms with E-state index in [0.717, 1.165) is 6.42 Å². The third-order valence-corrected chi connectivity index (χ3v) is 3.14. The van der Waals surface area contributed by atoms with Crippen LogP contribution in [0.25, 0.3) is 0 Å². The number of aliphatic hydroxyl groups is 1. The minimum Gasteiger partial charge on any atom is -0.390 e. The van der Waals surface area contributed by atoms with Crippen molar-refractivity contribution in [2.75, 3.05) is 6.61 Å². The predicted octanol–water partition coefficient (Wildman–Crippen LogP) is 2.27. The van der Waals surface area contributed by atoms with Crippen LogP contribution in [0.5, 0.6) is 0 Å². The third-order valence-electron chi connectivity index (χ3n) is 3.14. The second-order valence-corrected chi connectivity index (χ2v) is 4.58. The lowest BCUT2D eigenvalue weighted by Gasteiger charge is -2.40. The van der Waals surface area contributed by atoms with E-state index in [1.165, 1.54) is 6.07 Å². The first-order valence-corrected chi connectivity index (χ1v) is 6.37. The molecule has 18 heavy (non-hydrogen) atoms. The van der Waals surface area contributed by atoms with Crippen LogP contribution in [0.4, 0.5) is 4.39 Å². The maximum Gasteiger partial charge on any atom is 0.128 e. The van der Waals surface area contributed by atoms with Gasteiger partial charge in [0.2, 0.25) is 0 Å². The summed E-state index contributed by atoms with van der Waals surface area (Å²) in [4.78, 5) is 0. The van der Waals surface area contributed by atoms with E-state index in [-0.39, 0.29) is 24.6 Å². The van der Waals surface area contributed by atoms with Gasteiger partial charge < -0.3 is 14.6 Å². The Balaban J connectivity index is 1.82. The van der Waals surface area contributed by atoms with Gasteiger partial charge in [0.05, 0.1) is 18.8 Å². The topological polar surface area (TPSA) is 38.7 Å². The van der Waals surface area contributed by atoms with Gasteiger partial charge in [0, 0.05) is 18.6 Å². The van der Waals surface area contributed by atoms with Crippen LogP contribution >= 0.6 is 0 Å². The van der Waals surface area contributed by atoms with E-state index in [0.29, 0.717) is 18.6 Å². The molecule has 0 aliphatic heterocycles. The molecule has 0 heterocycles. The average molecular weight is 254 g/mol. The lowest BCUT2D eigenvalue weighted by atomic mass is 9.88. The van der Waals surface area contributed by atoms with Crippen LogP contribution in [0, 0.1) is 5.82 Å². The van der Waals surface area contributed by atoms with Gasteiger partial charge in [0.1, 0.15) is 11.9 Å². The Kier molecular flexibility index (Phi) is 4.69. The zero-order valence-electron chi connectivity index (χ0n) is 10.5. The summed E-state index contributed by atoms with van der Waals surface area (Å²) in [6.45, 7) is 2.84. The van der Waals surface area contributed by atoms with E-state index in [1.807, 2.05) is 6.92 Å². The van der Waals surface area contributed by atoms with Gasteiger partial charge >= 0.3 is 0 Å². The maximum atomic E-state index is 13.4. The molecule has 0 radical (unpaired) electrons. The molecular weight excluding hydrogens is 235 g/mol. The molecule has 2 rings (SSSR count). The summed E-state index contributed by atoms with van der Waals surface area (Å²) < 4.78 is 24.5. The summed E-state index contributed by atoms with van der Waals surface area (Å²) in [5.74, 6) is -0.261. The highest BCUT2D eigenvalue weighted by Crippen LogP contribution is 2.28. The van der Waals surface area contributed by atoms with Crippen molar-refractivity contribution in [2.45, 2.75) is 44.7 Å². The molecule has 3 nitrogen and oxygen atoms in total. The Bertz CT molecular complexity index is 383. The van der Waals surface area contributed by atoms with Gasteiger partial charge in [-0.25, -0.2) is 4.39 Å². The molecule has 4 heteroatoms. The zero-order valence-corrected chi connectivity index (χ0v) is 10.5. The minimum atomic E-state index is -0.456. The second kappa shape index (κ2) is 6.27. The first-order valence-electron chi connectivity index (χ1n) is 6.37. The largest absolute Gasteiger partial charge is 0.390 e. The summed E-state index contributed by atoms with van der Waals surface area (Å²) in [7, 11) is 0. The van der Waals surface area contributed by atoms with Crippen molar-refractivity contribution in [3.63, 3.8) is 0 Å². The van der Waals surface area contributed by atoms with E-state index in [4.69, 9.17) is 9.47 Å². The summed E-state index contributed by atoms with van der Waals surface area (Å²) in [6, 6.07) is 6.55. The van der Waals surface area contributed by atoms with E-state index >= 15 is 0 Å². The smallest absolute Gasteiger partial charge is 0.128 e. The Morgan fingerprint density at radius 3 is 2.78 bits per heavy atom. The fourth-order valence-electron chi connectivity index (χ4n) is 2.01. The van der Waals surface area contributed by atoms with Crippen molar-refractivity contribution in [3.05, 3.63) is 35.6 Å². The van der Waals surface area contributed by atoms with Crippen LogP contribution in [0.3, 0.4) is 0 Å². The number of rotatable bonds is 6. The third kappa shape index (κ3) is 3.07. The van der Waals surface area contributed by atoms with Crippen LogP contribution in [-0.4, -0.2) is 30.0 Å². The first kappa shape index (κ1) is 13.5. The standard InChI is InChI=1S/C14H19FO3/c1-2-7-17-14-12(16)8-13(14)18-9-10-5-3-4-6-11(10)15/h3-6,12-14,16H,2,7-9H2,1H3. The SMILES string of the molecule is CCCOC1C(O)CC1OCc1ccccc1F. The fraction of sp³-hybridized carbons (Fsp3) is 0.571. The summed E-state index contributed by atoms with van der Waals surface area (Å²) >= 11 is 0. The highest BCUT2D eigenvalue weighted by Gasteiger charge is 2.41. The average Bonchev–Trinajstić information content (AvgIpc) is 2.36. The van der Waals surface area contributed by atoms with Crippen LogP contribution in [0.2, 0.25) is 0 Å². The van der Waals surface area contributed by atoms with Crippen molar-refractivity contribution in [2.24, 2.45) is 0 Å². The number of benzene rings is 1. The molecule has 1 saturated carbocycles. The maximum absolute atomic E-state index is 13.4. The summed E-state index contributed by atoms with van der Waals surface area (Å²) in [5.41, 5.74) is 0.535. The molecule has 100 valence electrons. The Morgan fingerprint density at radius 1 is 1.33 bits per heavy atom. The minimum absolute atomic E-state index is 0.133. The fourth-order valence-corrected chi connectivity index (χ4v) is 2.01. The van der Waals surface area contributed by atoms with E-state index < -0.39 is 6.10 Å². The number of aliphatic hydroxyl groups excluding tert-OH is 1. The molecular formula is C14H19FO3. The van der Waals surface area contributed by atoms with Gasteiger partial charge in [-0.3, -0.25) is 0 Å². The number of ether oxygens (including phenoxy) is 2. The molecule has 0 bridgehead atoms. The Labute approximate surface area is 107 Å². The monoisotopic (exact) mass is 254 g/mol. The van der Waals surface area contributed by atoms with Gasteiger partial charge in [0.15, 0.2) is 0 Å². The molecule has 1 aliphatic carbocycles. The number of hydrogen-bond donors (Lipinski definition) is 1. The molecule has 3 unspecified atom stereocenters. The normalized spacial score (nSPS) is 26.9. The van der Waals surface area contributed by atoms with E-state index in [9.17, 15) is 9.50 Å². The number of hydrogen-bond acceptors (Lipinski definition) is 3. The molecule has 1 aliphatic rings. The first-order chi connectivity index (χ1) is 8.72. The highest BCUT2D eigenvalue weighted by atomic mass is 19.1. The van der Waals surface area contributed by atoms with Gasteiger partial charge in [-0.2, -0.15) is 0 Å². The quantitative estimate of drug-likeness (QED) is 0.846. The molecule has 1 aromatic carbocycles. The lowest BCUT2D eigenvalue weighted by Crippen LogP contribution is -2.53. The summed E-state index contributed by atoms with van der Waals surface area (Å²) in [5, 5.41) is 9.58.